The Morgan fingerprint density at radius 3 is 2.70 bits per heavy atom. The second-order valence-electron chi connectivity index (χ2n) is 5.39. The summed E-state index contributed by atoms with van der Waals surface area (Å²) in [6.07, 6.45) is 1.68. The highest BCUT2D eigenvalue weighted by atomic mass is 32.2. The Morgan fingerprint density at radius 1 is 1.45 bits per heavy atom. The van der Waals surface area contributed by atoms with Gasteiger partial charge in [0, 0.05) is 0 Å². The third kappa shape index (κ3) is 3.19. The van der Waals surface area contributed by atoms with Crippen molar-refractivity contribution in [1.82, 2.24) is 4.72 Å². The molecule has 7 nitrogen and oxygen atoms in total. The number of methoxy groups -OCH3 is 1. The van der Waals surface area contributed by atoms with E-state index >= 15 is 0 Å². The molecule has 1 aromatic rings. The van der Waals surface area contributed by atoms with Crippen molar-refractivity contribution < 1.29 is 17.6 Å². The van der Waals surface area contributed by atoms with Crippen LogP contribution in [0.2, 0.25) is 0 Å². The Kier molecular flexibility index (Phi) is 3.59. The third-order valence-electron chi connectivity index (χ3n) is 2.74. The smallest absolute Gasteiger partial charge is 0.347 e. The molecule has 110 valence electrons. The fourth-order valence-electron chi connectivity index (χ4n) is 1.59. The van der Waals surface area contributed by atoms with Crippen LogP contribution in [0.1, 0.15) is 32.1 Å². The molecule has 0 aliphatic carbocycles. The van der Waals surface area contributed by atoms with E-state index in [0.717, 1.165) is 5.56 Å². The van der Waals surface area contributed by atoms with Crippen molar-refractivity contribution in [3.05, 3.63) is 23.7 Å². The van der Waals surface area contributed by atoms with Gasteiger partial charge < -0.3 is 9.15 Å². The number of nitrogens with zero attached hydrogens (tertiary/aromatic N) is 2. The van der Waals surface area contributed by atoms with Crippen molar-refractivity contribution in [2.24, 2.45) is 9.39 Å². The van der Waals surface area contributed by atoms with E-state index in [1.54, 1.807) is 6.26 Å². The summed E-state index contributed by atoms with van der Waals surface area (Å²) in [5.41, 5.74) is 1.04. The SMILES string of the molecule is COC1=NS(=O)(=O)NC1=NCc1cc(C(C)(C)C)co1. The first-order valence-electron chi connectivity index (χ1n) is 6.01. The zero-order valence-electron chi connectivity index (χ0n) is 11.8. The van der Waals surface area contributed by atoms with Gasteiger partial charge in [0.25, 0.3) is 5.90 Å². The number of furan rings is 1. The molecule has 0 saturated heterocycles. The maximum atomic E-state index is 11.3. The molecule has 1 aromatic heterocycles. The molecule has 0 amide bonds. The Morgan fingerprint density at radius 2 is 2.15 bits per heavy atom. The van der Waals surface area contributed by atoms with Crippen LogP contribution in [0.25, 0.3) is 0 Å². The summed E-state index contributed by atoms with van der Waals surface area (Å²) in [7, 11) is -2.39. The zero-order valence-corrected chi connectivity index (χ0v) is 12.6. The van der Waals surface area contributed by atoms with Crippen LogP contribution in [0.15, 0.2) is 26.1 Å². The van der Waals surface area contributed by atoms with Crippen LogP contribution in [-0.4, -0.2) is 27.3 Å². The van der Waals surface area contributed by atoms with Crippen molar-refractivity contribution >= 4 is 21.9 Å². The van der Waals surface area contributed by atoms with Gasteiger partial charge >= 0.3 is 10.2 Å². The van der Waals surface area contributed by atoms with Crippen LogP contribution < -0.4 is 4.72 Å². The van der Waals surface area contributed by atoms with Gasteiger partial charge in [-0.1, -0.05) is 20.8 Å². The molecule has 0 fully saturated rings. The van der Waals surface area contributed by atoms with Crippen molar-refractivity contribution in [1.29, 1.82) is 0 Å². The largest absolute Gasteiger partial charge is 0.478 e. The van der Waals surface area contributed by atoms with E-state index in [2.05, 4.69) is 34.9 Å². The topological polar surface area (TPSA) is 93.3 Å². The first-order chi connectivity index (χ1) is 9.21. The number of nitrogens with one attached hydrogen (secondary N) is 1. The van der Waals surface area contributed by atoms with Crippen LogP contribution in [0, 0.1) is 0 Å². The lowest BCUT2D eigenvalue weighted by atomic mass is 9.89. The van der Waals surface area contributed by atoms with Gasteiger partial charge in [0.05, 0.1) is 19.9 Å². The third-order valence-corrected chi connectivity index (χ3v) is 3.59. The van der Waals surface area contributed by atoms with Crippen LogP contribution in [0.4, 0.5) is 0 Å². The molecule has 0 unspecified atom stereocenters. The molecule has 2 rings (SSSR count). The van der Waals surface area contributed by atoms with Crippen LogP contribution >= 0.6 is 0 Å². The molecule has 1 aliphatic heterocycles. The predicted octanol–water partition coefficient (Wildman–Crippen LogP) is 1.37. The number of aliphatic imine (C=N–C) groups is 1. The number of rotatable bonds is 2. The van der Waals surface area contributed by atoms with E-state index in [1.807, 2.05) is 6.07 Å². The molecule has 0 aromatic carbocycles. The molecule has 1 aliphatic rings. The van der Waals surface area contributed by atoms with Crippen LogP contribution in [0.3, 0.4) is 0 Å². The predicted molar refractivity (Wildman–Crippen MR) is 75.0 cm³/mol. The van der Waals surface area contributed by atoms with E-state index in [1.165, 1.54) is 7.11 Å². The summed E-state index contributed by atoms with van der Waals surface area (Å²) >= 11 is 0. The minimum Gasteiger partial charge on any atom is -0.478 e. The molecule has 1 N–H and O–H groups in total. The lowest BCUT2D eigenvalue weighted by Crippen LogP contribution is -2.27. The molecule has 0 bridgehead atoms. The summed E-state index contributed by atoms with van der Waals surface area (Å²) in [5.74, 6) is 0.679. The minimum atomic E-state index is -3.73. The fourth-order valence-corrected chi connectivity index (χ4v) is 2.41. The van der Waals surface area contributed by atoms with E-state index in [-0.39, 0.29) is 23.7 Å². The Hall–Kier alpha value is -1.83. The van der Waals surface area contributed by atoms with E-state index in [9.17, 15) is 8.42 Å². The monoisotopic (exact) mass is 299 g/mol. The summed E-state index contributed by atoms with van der Waals surface area (Å²) in [5, 5.41) is 0. The van der Waals surface area contributed by atoms with Gasteiger partial charge in [0.15, 0.2) is 0 Å². The molecule has 8 heteroatoms. The molecular weight excluding hydrogens is 282 g/mol. The molecule has 0 spiro atoms. The maximum Gasteiger partial charge on any atom is 0.347 e. The van der Waals surface area contributed by atoms with Gasteiger partial charge in [0.1, 0.15) is 5.76 Å². The summed E-state index contributed by atoms with van der Waals surface area (Å²) < 4.78 is 38.4. The molecule has 20 heavy (non-hydrogen) atoms. The van der Waals surface area contributed by atoms with E-state index in [0.29, 0.717) is 5.76 Å². The van der Waals surface area contributed by atoms with Crippen molar-refractivity contribution in [2.45, 2.75) is 32.7 Å². The van der Waals surface area contributed by atoms with Gasteiger partial charge in [-0.2, -0.15) is 8.42 Å². The zero-order chi connectivity index (χ0) is 15.0. The average molecular weight is 299 g/mol. The normalized spacial score (nSPS) is 19.8. The van der Waals surface area contributed by atoms with Gasteiger partial charge in [-0.15, -0.1) is 4.40 Å². The second kappa shape index (κ2) is 4.93. The van der Waals surface area contributed by atoms with Gasteiger partial charge in [0.2, 0.25) is 5.84 Å². The molecule has 0 saturated carbocycles. The standard InChI is InChI=1S/C12H17N3O4S/c1-12(2,3)8-5-9(19-7-8)6-13-10-11(18-4)15-20(16,17)14-10/h5,7H,6H2,1-4H3,(H,13,14). The highest BCUT2D eigenvalue weighted by molar-refractivity contribution is 7.89. The van der Waals surface area contributed by atoms with E-state index < -0.39 is 10.2 Å². The van der Waals surface area contributed by atoms with Crippen LogP contribution in [-0.2, 0) is 26.9 Å². The molecular formula is C12H17N3O4S. The first-order valence-corrected chi connectivity index (χ1v) is 7.45. The summed E-state index contributed by atoms with van der Waals surface area (Å²) in [4.78, 5) is 4.11. The average Bonchev–Trinajstić information content (AvgIpc) is 2.89. The Balaban J connectivity index is 2.15. The summed E-state index contributed by atoms with van der Waals surface area (Å²) in [6.45, 7) is 6.44. The van der Waals surface area contributed by atoms with Crippen LogP contribution in [0.5, 0.6) is 0 Å². The maximum absolute atomic E-state index is 11.3. The number of ether oxygens (including phenoxy) is 1. The minimum absolute atomic E-state index is 0.0109. The van der Waals surface area contributed by atoms with Gasteiger partial charge in [-0.3, -0.25) is 4.99 Å². The lowest BCUT2D eigenvalue weighted by Gasteiger charge is -2.14. The molecule has 0 radical (unpaired) electrons. The first kappa shape index (κ1) is 14.6. The van der Waals surface area contributed by atoms with Crippen molar-refractivity contribution in [3.8, 4) is 0 Å². The van der Waals surface area contributed by atoms with Crippen molar-refractivity contribution in [2.75, 3.05) is 7.11 Å². The Bertz CT molecular complexity index is 665. The number of hydrogen-bond acceptors (Lipinski definition) is 5. The fraction of sp³-hybridized carbons (Fsp3) is 0.500. The van der Waals surface area contributed by atoms with Gasteiger partial charge in [-0.05, 0) is 17.0 Å². The van der Waals surface area contributed by atoms with Crippen molar-refractivity contribution in [3.63, 3.8) is 0 Å². The molecule has 0 atom stereocenters. The molecule has 2 heterocycles. The second-order valence-corrected chi connectivity index (χ2v) is 6.73. The lowest BCUT2D eigenvalue weighted by molar-refractivity contribution is 0.412. The number of hydrogen-bond donors (Lipinski definition) is 1. The highest BCUT2D eigenvalue weighted by Crippen LogP contribution is 2.24. The van der Waals surface area contributed by atoms with Gasteiger partial charge in [-0.25, -0.2) is 4.72 Å². The quantitative estimate of drug-likeness (QED) is 0.892. The summed E-state index contributed by atoms with van der Waals surface area (Å²) in [6, 6.07) is 1.90. The highest BCUT2D eigenvalue weighted by Gasteiger charge is 2.27. The number of amidine groups is 1. The Labute approximate surface area is 117 Å². The van der Waals surface area contributed by atoms with E-state index in [4.69, 9.17) is 9.15 Å².